The fourth-order valence-corrected chi connectivity index (χ4v) is 3.92. The molecule has 0 unspecified atom stereocenters. The fourth-order valence-electron chi connectivity index (χ4n) is 2.74. The lowest BCUT2D eigenvalue weighted by Gasteiger charge is -2.29. The lowest BCUT2D eigenvalue weighted by Crippen LogP contribution is -2.49. The maximum Gasteiger partial charge on any atom is 0.242 e. The quantitative estimate of drug-likeness (QED) is 0.540. The summed E-state index contributed by atoms with van der Waals surface area (Å²) in [6.45, 7) is 5.65. The molecule has 0 saturated carbocycles. The van der Waals surface area contributed by atoms with Gasteiger partial charge >= 0.3 is 0 Å². The average molecular weight is 471 g/mol. The van der Waals surface area contributed by atoms with E-state index < -0.39 is 6.04 Å². The number of benzene rings is 2. The number of thioether (sulfide) groups is 1. The third-order valence-electron chi connectivity index (χ3n) is 4.34. The van der Waals surface area contributed by atoms with Gasteiger partial charge in [-0.15, -0.1) is 11.8 Å². The van der Waals surface area contributed by atoms with Crippen LogP contribution in [0.3, 0.4) is 0 Å². The molecule has 0 radical (unpaired) electrons. The van der Waals surface area contributed by atoms with E-state index >= 15 is 0 Å². The fraction of sp³-hybridized carbons (Fsp3) is 0.364. The highest BCUT2D eigenvalue weighted by atomic mass is 35.5. The molecule has 0 aliphatic carbocycles. The first-order valence-electron chi connectivity index (χ1n) is 9.53. The van der Waals surface area contributed by atoms with Crippen molar-refractivity contribution >= 4 is 46.8 Å². The summed E-state index contributed by atoms with van der Waals surface area (Å²) in [7, 11) is 0. The summed E-state index contributed by atoms with van der Waals surface area (Å²) in [5, 5.41) is 3.79. The summed E-state index contributed by atoms with van der Waals surface area (Å²) >= 11 is 13.4. The minimum atomic E-state index is -0.657. The first-order chi connectivity index (χ1) is 14.2. The molecule has 0 bridgehead atoms. The Morgan fingerprint density at radius 2 is 1.67 bits per heavy atom. The molecule has 162 valence electrons. The summed E-state index contributed by atoms with van der Waals surface area (Å²) in [4.78, 5) is 27.0. The second-order valence-electron chi connectivity index (χ2n) is 7.23. The van der Waals surface area contributed by atoms with Crippen LogP contribution in [0.5, 0.6) is 0 Å². The largest absolute Gasteiger partial charge is 0.352 e. The molecular formula is C22H25Cl2FN2O2S. The van der Waals surface area contributed by atoms with Gasteiger partial charge < -0.3 is 10.2 Å². The summed E-state index contributed by atoms with van der Waals surface area (Å²) in [6.07, 6.45) is 0. The van der Waals surface area contributed by atoms with Gasteiger partial charge in [-0.2, -0.15) is 0 Å². The second-order valence-corrected chi connectivity index (χ2v) is 9.03. The third kappa shape index (κ3) is 7.49. The van der Waals surface area contributed by atoms with Gasteiger partial charge in [0.05, 0.1) is 15.8 Å². The molecule has 1 N–H and O–H groups in total. The Morgan fingerprint density at radius 3 is 2.27 bits per heavy atom. The zero-order valence-corrected chi connectivity index (χ0v) is 19.5. The van der Waals surface area contributed by atoms with Crippen LogP contribution in [0, 0.1) is 5.82 Å². The minimum Gasteiger partial charge on any atom is -0.352 e. The smallest absolute Gasteiger partial charge is 0.242 e. The summed E-state index contributed by atoms with van der Waals surface area (Å²) in [5.74, 6) is 0.0329. The number of carbonyl (C=O) groups is 2. The zero-order chi connectivity index (χ0) is 22.3. The SMILES string of the molecule is CC(C)NC(=O)[C@H](C)N(Cc1ccc(F)cc1)C(=O)CSCc1ccc(Cl)c(Cl)c1. The Bertz CT molecular complexity index is 878. The van der Waals surface area contributed by atoms with Crippen molar-refractivity contribution in [3.8, 4) is 0 Å². The van der Waals surface area contributed by atoms with Crippen LogP contribution in [-0.4, -0.2) is 34.6 Å². The van der Waals surface area contributed by atoms with Crippen molar-refractivity contribution in [3.63, 3.8) is 0 Å². The molecule has 1 atom stereocenters. The van der Waals surface area contributed by atoms with E-state index in [0.717, 1.165) is 11.1 Å². The van der Waals surface area contributed by atoms with E-state index in [-0.39, 0.29) is 36.0 Å². The standard InChI is InChI=1S/C22H25Cl2FN2O2S/c1-14(2)26-22(29)15(3)27(11-16-4-7-18(25)8-5-16)21(28)13-30-12-17-6-9-19(23)20(24)10-17/h4-10,14-15H,11-13H2,1-3H3,(H,26,29)/t15-/m0/s1. The van der Waals surface area contributed by atoms with Crippen molar-refractivity contribution in [1.29, 1.82) is 0 Å². The second kappa shape index (κ2) is 11.6. The Morgan fingerprint density at radius 1 is 1.03 bits per heavy atom. The van der Waals surface area contributed by atoms with E-state index in [1.807, 2.05) is 19.9 Å². The monoisotopic (exact) mass is 470 g/mol. The number of carbonyl (C=O) groups excluding carboxylic acids is 2. The van der Waals surface area contributed by atoms with E-state index in [1.54, 1.807) is 31.2 Å². The molecule has 0 aliphatic heterocycles. The highest BCUT2D eigenvalue weighted by Gasteiger charge is 2.26. The van der Waals surface area contributed by atoms with Crippen LogP contribution in [0.4, 0.5) is 4.39 Å². The number of nitrogens with one attached hydrogen (secondary N) is 1. The van der Waals surface area contributed by atoms with Crippen LogP contribution in [0.15, 0.2) is 42.5 Å². The van der Waals surface area contributed by atoms with Gasteiger partial charge in [-0.25, -0.2) is 4.39 Å². The highest BCUT2D eigenvalue weighted by Crippen LogP contribution is 2.25. The van der Waals surface area contributed by atoms with Crippen LogP contribution in [0.25, 0.3) is 0 Å². The molecule has 0 spiro atoms. The molecule has 0 heterocycles. The summed E-state index contributed by atoms with van der Waals surface area (Å²) in [5.41, 5.74) is 1.71. The maximum atomic E-state index is 13.2. The lowest BCUT2D eigenvalue weighted by atomic mass is 10.1. The van der Waals surface area contributed by atoms with Crippen molar-refractivity contribution in [3.05, 3.63) is 69.5 Å². The predicted molar refractivity (Wildman–Crippen MR) is 122 cm³/mol. The Labute approximate surface area is 191 Å². The van der Waals surface area contributed by atoms with Crippen LogP contribution >= 0.6 is 35.0 Å². The van der Waals surface area contributed by atoms with Gasteiger partial charge in [-0.3, -0.25) is 9.59 Å². The van der Waals surface area contributed by atoms with Crippen molar-refractivity contribution in [2.24, 2.45) is 0 Å². The molecule has 2 aromatic rings. The van der Waals surface area contributed by atoms with Crippen molar-refractivity contribution in [2.45, 2.75) is 45.2 Å². The molecule has 0 saturated heterocycles. The molecule has 8 heteroatoms. The number of amides is 2. The summed E-state index contributed by atoms with van der Waals surface area (Å²) < 4.78 is 13.2. The van der Waals surface area contributed by atoms with Crippen molar-refractivity contribution < 1.29 is 14.0 Å². The van der Waals surface area contributed by atoms with Crippen molar-refractivity contribution in [2.75, 3.05) is 5.75 Å². The van der Waals surface area contributed by atoms with Crippen LogP contribution < -0.4 is 5.32 Å². The lowest BCUT2D eigenvalue weighted by molar-refractivity contribution is -0.138. The van der Waals surface area contributed by atoms with Gasteiger partial charge in [0.1, 0.15) is 11.9 Å². The van der Waals surface area contributed by atoms with Crippen LogP contribution in [-0.2, 0) is 21.9 Å². The molecule has 0 aromatic heterocycles. The molecule has 4 nitrogen and oxygen atoms in total. The van der Waals surface area contributed by atoms with E-state index in [4.69, 9.17) is 23.2 Å². The first-order valence-corrected chi connectivity index (χ1v) is 11.4. The van der Waals surface area contributed by atoms with Gasteiger partial charge in [0.15, 0.2) is 0 Å². The number of rotatable bonds is 9. The first kappa shape index (κ1) is 24.5. The van der Waals surface area contributed by atoms with Gasteiger partial charge in [0, 0.05) is 18.3 Å². The number of halogens is 3. The Balaban J connectivity index is 2.07. The number of nitrogens with zero attached hydrogens (tertiary/aromatic N) is 1. The van der Waals surface area contributed by atoms with Crippen molar-refractivity contribution in [1.82, 2.24) is 10.2 Å². The zero-order valence-electron chi connectivity index (χ0n) is 17.1. The third-order valence-corrected chi connectivity index (χ3v) is 6.07. The number of hydrogen-bond donors (Lipinski definition) is 1. The van der Waals surface area contributed by atoms with E-state index in [9.17, 15) is 14.0 Å². The van der Waals surface area contributed by atoms with Gasteiger partial charge in [0.2, 0.25) is 11.8 Å². The predicted octanol–water partition coefficient (Wildman–Crippen LogP) is 5.31. The molecule has 0 aliphatic rings. The molecular weight excluding hydrogens is 446 g/mol. The molecule has 2 aromatic carbocycles. The van der Waals surface area contributed by atoms with Gasteiger partial charge in [0.25, 0.3) is 0 Å². The Hall–Kier alpha value is -1.76. The van der Waals surface area contributed by atoms with Gasteiger partial charge in [-0.1, -0.05) is 41.4 Å². The van der Waals surface area contributed by atoms with E-state index in [2.05, 4.69) is 5.32 Å². The maximum absolute atomic E-state index is 13.2. The van der Waals surface area contributed by atoms with E-state index in [1.165, 1.54) is 28.8 Å². The molecule has 0 fully saturated rings. The van der Waals surface area contributed by atoms with Crippen LogP contribution in [0.1, 0.15) is 31.9 Å². The molecule has 2 rings (SSSR count). The summed E-state index contributed by atoms with van der Waals surface area (Å²) in [6, 6.07) is 10.6. The van der Waals surface area contributed by atoms with Crippen LogP contribution in [0.2, 0.25) is 10.0 Å². The highest BCUT2D eigenvalue weighted by molar-refractivity contribution is 7.99. The average Bonchev–Trinajstić information content (AvgIpc) is 2.69. The van der Waals surface area contributed by atoms with E-state index in [0.29, 0.717) is 15.8 Å². The Kier molecular flexibility index (Phi) is 9.46. The topological polar surface area (TPSA) is 49.4 Å². The normalized spacial score (nSPS) is 12.0. The molecule has 30 heavy (non-hydrogen) atoms. The minimum absolute atomic E-state index is 0.0354. The molecule has 2 amide bonds. The van der Waals surface area contributed by atoms with Gasteiger partial charge in [-0.05, 0) is 56.2 Å². The number of hydrogen-bond acceptors (Lipinski definition) is 3.